The Labute approximate surface area is 676 Å². The van der Waals surface area contributed by atoms with Crippen LogP contribution >= 0.6 is 23.5 Å². The highest BCUT2D eigenvalue weighted by Gasteiger charge is 2.24. The lowest BCUT2D eigenvalue weighted by molar-refractivity contribution is 0.0697. The fourth-order valence-electron chi connectivity index (χ4n) is 9.53. The number of aryl methyl sites for hydroxylation is 2. The van der Waals surface area contributed by atoms with Crippen molar-refractivity contribution < 1.29 is 127 Å². The number of rotatable bonds is 34. The number of carbonyl (C=O) groups is 1. The summed E-state index contributed by atoms with van der Waals surface area (Å²) in [5.74, 6) is -5.23. The van der Waals surface area contributed by atoms with Crippen LogP contribution in [0.5, 0.6) is 17.4 Å². The van der Waals surface area contributed by atoms with Gasteiger partial charge in [0.1, 0.15) is 45.9 Å². The highest BCUT2D eigenvalue weighted by molar-refractivity contribution is 7.99. The maximum absolute atomic E-state index is 12.2. The third-order valence-electron chi connectivity index (χ3n) is 14.5. The van der Waals surface area contributed by atoms with Crippen LogP contribution in [0.1, 0.15) is 51.9 Å². The number of pyridine rings is 1. The molecule has 3 heterocycles. The molecule has 9 rings (SSSR count). The van der Waals surface area contributed by atoms with Gasteiger partial charge < -0.3 is 35.6 Å². The summed E-state index contributed by atoms with van der Waals surface area (Å²) >= 11 is 2.08. The van der Waals surface area contributed by atoms with Gasteiger partial charge in [-0.15, -0.1) is 92.1 Å². The topological polar surface area (TPSA) is 716 Å². The van der Waals surface area contributed by atoms with Gasteiger partial charge in [0.05, 0.1) is 81.0 Å². The Kier molecular flexibility index (Phi) is 34.2. The molecule has 0 atom stereocenters. The largest absolute Gasteiger partial charge is 0.497 e. The Morgan fingerprint density at radius 1 is 0.547 bits per heavy atom. The summed E-state index contributed by atoms with van der Waals surface area (Å²) in [7, 11) is -30.5. The van der Waals surface area contributed by atoms with E-state index in [4.69, 9.17) is 47.4 Å². The molecule has 3 aromatic heterocycles. The minimum absolute atomic E-state index is 0.00288. The predicted octanol–water partition coefficient (Wildman–Crippen LogP) is 9.96. The van der Waals surface area contributed by atoms with Crippen LogP contribution in [0.3, 0.4) is 0 Å². The molecule has 0 saturated heterocycles. The Balaban J connectivity index is 0.00000166. The second kappa shape index (κ2) is 42.4. The maximum Gasteiger partial charge on any atom is 0.425 e. The SMILES string of the molecule is COc1ccc2c(c1)nc1c(C#N)c(C)c(N=Nc3cc(C)c(N=Nc4cc(Nc5nc(NCCS(=O)(=O)O)nc(Nc6cccc(S(=O)(=O)O)c6)n5)c(N=Nc5cc(C)c(N=Nc6ccccc6C(=O)O)cc5SCCCS(=O)(=O)O)cc4SCCCS(=O)(=O)O)cc3OCCCS(=O)(=O)O)c(O)n12.O=S(=O)=O.O=S(=O)=O.O=S(=O)=O. The van der Waals surface area contributed by atoms with Crippen molar-refractivity contribution in [2.75, 3.05) is 70.7 Å². The fourth-order valence-corrected chi connectivity index (χ4v) is 14.2. The zero-order valence-corrected chi connectivity index (χ0v) is 68.2. The second-order valence-corrected chi connectivity index (χ2v) is 34.1. The van der Waals surface area contributed by atoms with Crippen LogP contribution in [0, 0.1) is 32.1 Å². The van der Waals surface area contributed by atoms with Crippen molar-refractivity contribution in [2.24, 2.45) is 40.9 Å². The van der Waals surface area contributed by atoms with E-state index in [2.05, 4.69) is 82.9 Å². The van der Waals surface area contributed by atoms with Crippen molar-refractivity contribution in [1.29, 1.82) is 5.26 Å². The number of thioether (sulfide) groups is 2. The van der Waals surface area contributed by atoms with E-state index in [1.165, 1.54) is 85.2 Å². The number of carboxylic acids is 1. The number of ether oxygens (including phenoxy) is 2. The molecule has 0 aliphatic rings. The Bertz CT molecular complexity index is 6360. The van der Waals surface area contributed by atoms with Crippen LogP contribution in [0.25, 0.3) is 16.7 Å². The molecule has 117 heavy (non-hydrogen) atoms. The van der Waals surface area contributed by atoms with Crippen molar-refractivity contribution in [3.05, 3.63) is 131 Å². The molecule has 0 aliphatic carbocycles. The van der Waals surface area contributed by atoms with Crippen molar-refractivity contribution in [2.45, 2.75) is 54.7 Å². The zero-order valence-electron chi connectivity index (χ0n) is 60.0. The summed E-state index contributed by atoms with van der Waals surface area (Å²) in [4.78, 5) is 29.7. The number of aromatic carboxylic acids is 1. The van der Waals surface area contributed by atoms with Gasteiger partial charge in [0, 0.05) is 39.7 Å². The number of aromatic hydroxyl groups is 1. The van der Waals surface area contributed by atoms with Crippen LogP contribution in [0.2, 0.25) is 0 Å². The molecule has 6 aromatic carbocycles. The van der Waals surface area contributed by atoms with Gasteiger partial charge in [0.2, 0.25) is 23.7 Å². The third kappa shape index (κ3) is 31.3. The molecule has 0 fully saturated rings. The molecule has 624 valence electrons. The van der Waals surface area contributed by atoms with Gasteiger partial charge >= 0.3 is 37.8 Å². The number of anilines is 5. The minimum atomic E-state index is -4.75. The number of imidazole rings is 1. The second-order valence-electron chi connectivity index (χ2n) is 22.9. The predicted molar refractivity (Wildman–Crippen MR) is 416 cm³/mol. The summed E-state index contributed by atoms with van der Waals surface area (Å²) in [5.41, 5.74) is 1.75. The number of hydrogen-bond donors (Lipinski definition) is 10. The third-order valence-corrected chi connectivity index (χ3v) is 20.7. The molecule has 9 aromatic rings. The van der Waals surface area contributed by atoms with Crippen LogP contribution in [-0.2, 0) is 82.4 Å². The van der Waals surface area contributed by atoms with E-state index in [1.54, 1.807) is 38.1 Å². The first kappa shape index (κ1) is 94.4. The van der Waals surface area contributed by atoms with E-state index in [0.717, 1.165) is 35.7 Å². The highest BCUT2D eigenvalue weighted by Crippen LogP contribution is 2.46. The van der Waals surface area contributed by atoms with Gasteiger partial charge in [-0.2, -0.15) is 72.5 Å². The molecule has 0 aliphatic heterocycles. The number of aromatic nitrogens is 5. The van der Waals surface area contributed by atoms with Gasteiger partial charge in [-0.3, -0.25) is 27.2 Å². The average molecular weight is 1820 g/mol. The summed E-state index contributed by atoms with van der Waals surface area (Å²) in [6, 6.07) is 26.3. The summed E-state index contributed by atoms with van der Waals surface area (Å²) in [6.45, 7) is 3.92. The molecule has 56 heteroatoms. The molecule has 0 bridgehead atoms. The molecule has 10 N–H and O–H groups in total. The van der Waals surface area contributed by atoms with Crippen LogP contribution in [0.15, 0.2) is 159 Å². The first-order valence-corrected chi connectivity index (χ1v) is 44.8. The van der Waals surface area contributed by atoms with Gasteiger partial charge in [0.25, 0.3) is 50.6 Å². The standard InChI is InChI=1S/C61H61N17O20S7.3O3S/c1-34-25-48(74-77-55-36(3)41(33-62)56-65-47-28-38(97-4)15-16-51(47)78(56)57(55)79)52(98-18-8-21-101(82,83)84)30-43(34)71-76-50-29-45(66-61-68-59(63-17-24-104(91,92)93)67-60(69-61)64-37-11-7-12-39(27-37)105(94,95)96)46(32-54(50)100-20-10-23-103(88,89)90)73-75-49-26-35(2)44(31-53(49)99-19-9-22-102(85,86)87)72-70-42-14-6-5-13-40(42)58(80)81;3*1-4(2)3/h5-7,11-16,25-32,79H,8-10,17-24H2,1-4H3,(H,80,81)(H,82,83,84)(H,85,86,87)(H,88,89,90)(H,91,92,93)(H,94,95,96)(H3,63,64,66,67,68,69);;;. The van der Waals surface area contributed by atoms with Gasteiger partial charge in [-0.25, -0.2) is 9.78 Å². The van der Waals surface area contributed by atoms with Gasteiger partial charge in [-0.05, 0) is 135 Å². The molecule has 0 saturated carbocycles. The molecular weight excluding hydrogens is 1760 g/mol. The Hall–Kier alpha value is -11.4. The van der Waals surface area contributed by atoms with Crippen molar-refractivity contribution in [3.8, 4) is 23.4 Å². The number of hydrogen-bond acceptors (Lipinski definition) is 41. The number of azo groups is 4. The van der Waals surface area contributed by atoms with Crippen LogP contribution < -0.4 is 25.4 Å². The van der Waals surface area contributed by atoms with Crippen molar-refractivity contribution in [1.82, 2.24) is 24.3 Å². The van der Waals surface area contributed by atoms with E-state index in [9.17, 15) is 85.1 Å². The first-order valence-electron chi connectivity index (χ1n) is 31.9. The van der Waals surface area contributed by atoms with Crippen molar-refractivity contribution in [3.63, 3.8) is 0 Å². The molecule has 46 nitrogen and oxygen atoms in total. The number of nitrogens with one attached hydrogen (secondary N) is 3. The van der Waals surface area contributed by atoms with Crippen LogP contribution in [-0.4, -0.2) is 198 Å². The number of carboxylic acid groups (broad SMARTS) is 1. The Morgan fingerprint density at radius 2 is 1.04 bits per heavy atom. The monoisotopic (exact) mass is 1820 g/mol. The van der Waals surface area contributed by atoms with E-state index >= 15 is 0 Å². The lowest BCUT2D eigenvalue weighted by Crippen LogP contribution is -2.17. The zero-order chi connectivity index (χ0) is 86.9. The van der Waals surface area contributed by atoms with E-state index < -0.39 is 129 Å². The number of fused-ring (bicyclic) bond motifs is 3. The fraction of sp³-hybridized carbons (Fsp3) is 0.246. The lowest BCUT2D eigenvalue weighted by Gasteiger charge is -2.15. The quantitative estimate of drug-likeness (QED) is 0.00775. The molecule has 0 unspecified atom stereocenters. The minimum Gasteiger partial charge on any atom is -0.497 e. The smallest absolute Gasteiger partial charge is 0.425 e. The normalized spacial score (nSPS) is 11.8. The molecule has 0 amide bonds. The van der Waals surface area contributed by atoms with Gasteiger partial charge in [-0.1, -0.05) is 18.2 Å². The average Bonchev–Trinajstić information content (AvgIpc) is 1.59. The summed E-state index contributed by atoms with van der Waals surface area (Å²) in [5, 5.41) is 76.3. The summed E-state index contributed by atoms with van der Waals surface area (Å²) < 4.78 is 256. The number of methoxy groups -OCH3 is 1. The maximum atomic E-state index is 12.2. The Morgan fingerprint density at radius 3 is 1.60 bits per heavy atom. The first-order chi connectivity index (χ1) is 54.7. The van der Waals surface area contributed by atoms with Crippen LogP contribution in [0.4, 0.5) is 74.7 Å². The molecule has 0 spiro atoms. The number of nitrogens with zero attached hydrogens (tertiary/aromatic N) is 14. The van der Waals surface area contributed by atoms with E-state index in [-0.39, 0.29) is 145 Å². The summed E-state index contributed by atoms with van der Waals surface area (Å²) in [6.07, 6.45) is -0.429. The van der Waals surface area contributed by atoms with E-state index in [1.807, 2.05) is 0 Å². The van der Waals surface area contributed by atoms with Gasteiger partial charge in [0.15, 0.2) is 11.3 Å². The molecular formula is C61H61N17O29S10. The highest BCUT2D eigenvalue weighted by atomic mass is 32.2. The number of nitriles is 1. The van der Waals surface area contributed by atoms with E-state index in [0.29, 0.717) is 32.8 Å². The number of benzene rings is 6. The molecule has 0 radical (unpaired) electrons. The lowest BCUT2D eigenvalue weighted by atomic mass is 10.1. The van der Waals surface area contributed by atoms with Crippen molar-refractivity contribution >= 4 is 203 Å².